The van der Waals surface area contributed by atoms with Crippen LogP contribution in [-0.2, 0) is 13.2 Å². The van der Waals surface area contributed by atoms with E-state index in [4.69, 9.17) is 10.4 Å². The first-order valence-electron chi connectivity index (χ1n) is 6.34. The fraction of sp³-hybridized carbons (Fsp3) is 0.125. The molecule has 0 saturated carbocycles. The quantitative estimate of drug-likeness (QED) is 0.789. The Balaban J connectivity index is 2.01. The molecule has 0 fully saturated rings. The van der Waals surface area contributed by atoms with Crippen LogP contribution in [0.3, 0.4) is 0 Å². The third-order valence-electron chi connectivity index (χ3n) is 3.36. The summed E-state index contributed by atoms with van der Waals surface area (Å²) in [5.41, 5.74) is 3.34. The van der Waals surface area contributed by atoms with Crippen molar-refractivity contribution in [3.05, 3.63) is 65.6 Å². The lowest BCUT2D eigenvalue weighted by Crippen LogP contribution is -2.01. The van der Waals surface area contributed by atoms with Gasteiger partial charge in [0.05, 0.1) is 13.2 Å². The summed E-state index contributed by atoms with van der Waals surface area (Å²) in [7, 11) is 0. The molecule has 0 bridgehead atoms. The molecule has 0 saturated heterocycles. The van der Waals surface area contributed by atoms with Crippen LogP contribution < -0.4 is 0 Å². The maximum atomic E-state index is 9.16. The van der Waals surface area contributed by atoms with Gasteiger partial charge in [-0.1, -0.05) is 12.1 Å². The normalized spacial score (nSPS) is 10.6. The van der Waals surface area contributed by atoms with Crippen LogP contribution in [-0.4, -0.2) is 14.7 Å². The van der Waals surface area contributed by atoms with Gasteiger partial charge < -0.3 is 9.67 Å². The maximum Gasteiger partial charge on any atom is 0.145 e. The van der Waals surface area contributed by atoms with Crippen molar-refractivity contribution in [1.29, 1.82) is 5.26 Å². The van der Waals surface area contributed by atoms with Gasteiger partial charge in [-0.3, -0.25) is 0 Å². The smallest absolute Gasteiger partial charge is 0.145 e. The maximum absolute atomic E-state index is 9.16. The van der Waals surface area contributed by atoms with Crippen molar-refractivity contribution in [2.45, 2.75) is 13.2 Å². The molecule has 4 heteroatoms. The minimum Gasteiger partial charge on any atom is -0.392 e. The summed E-state index contributed by atoms with van der Waals surface area (Å²) in [5, 5.41) is 19.3. The van der Waals surface area contributed by atoms with Gasteiger partial charge in [-0.25, -0.2) is 4.98 Å². The van der Waals surface area contributed by atoms with E-state index in [1.54, 1.807) is 6.20 Å². The Hall–Kier alpha value is -2.64. The molecule has 2 aromatic heterocycles. The number of rotatable bonds is 3. The van der Waals surface area contributed by atoms with Crippen LogP contribution in [0.2, 0.25) is 0 Å². The zero-order chi connectivity index (χ0) is 13.9. The standard InChI is InChI=1S/C16H13N3O/c17-9-15-14(2-1-6-18-15)10-19-7-5-13-8-12(11-20)3-4-16(13)19/h1-8,20H,10-11H2. The Bertz CT molecular complexity index is 799. The second kappa shape index (κ2) is 5.16. The molecule has 0 aliphatic heterocycles. The van der Waals surface area contributed by atoms with E-state index in [0.717, 1.165) is 22.0 Å². The highest BCUT2D eigenvalue weighted by Gasteiger charge is 2.06. The molecule has 4 nitrogen and oxygen atoms in total. The number of hydrogen-bond donors (Lipinski definition) is 1. The summed E-state index contributed by atoms with van der Waals surface area (Å²) in [6.07, 6.45) is 3.61. The number of fused-ring (bicyclic) bond motifs is 1. The Morgan fingerprint density at radius 2 is 2.15 bits per heavy atom. The summed E-state index contributed by atoms with van der Waals surface area (Å²) in [6, 6.07) is 13.8. The van der Waals surface area contributed by atoms with Crippen molar-refractivity contribution >= 4 is 10.9 Å². The van der Waals surface area contributed by atoms with E-state index in [1.165, 1.54) is 0 Å². The monoisotopic (exact) mass is 263 g/mol. The largest absolute Gasteiger partial charge is 0.392 e. The summed E-state index contributed by atoms with van der Waals surface area (Å²) >= 11 is 0. The van der Waals surface area contributed by atoms with Crippen LogP contribution in [0.25, 0.3) is 10.9 Å². The van der Waals surface area contributed by atoms with Gasteiger partial charge in [0, 0.05) is 23.5 Å². The fourth-order valence-electron chi connectivity index (χ4n) is 2.34. The van der Waals surface area contributed by atoms with E-state index in [1.807, 2.05) is 42.6 Å². The van der Waals surface area contributed by atoms with Crippen molar-refractivity contribution in [2.75, 3.05) is 0 Å². The van der Waals surface area contributed by atoms with E-state index >= 15 is 0 Å². The first-order valence-corrected chi connectivity index (χ1v) is 6.34. The zero-order valence-corrected chi connectivity index (χ0v) is 10.8. The van der Waals surface area contributed by atoms with Gasteiger partial charge in [-0.2, -0.15) is 5.26 Å². The second-order valence-corrected chi connectivity index (χ2v) is 4.62. The molecule has 98 valence electrons. The number of aliphatic hydroxyl groups is 1. The highest BCUT2D eigenvalue weighted by molar-refractivity contribution is 5.81. The lowest BCUT2D eigenvalue weighted by atomic mass is 10.1. The zero-order valence-electron chi connectivity index (χ0n) is 10.8. The molecule has 0 atom stereocenters. The van der Waals surface area contributed by atoms with Gasteiger partial charge in [0.15, 0.2) is 0 Å². The van der Waals surface area contributed by atoms with Crippen molar-refractivity contribution in [1.82, 2.24) is 9.55 Å². The van der Waals surface area contributed by atoms with Gasteiger partial charge in [0.2, 0.25) is 0 Å². The molecular weight excluding hydrogens is 250 g/mol. The van der Waals surface area contributed by atoms with Gasteiger partial charge in [-0.15, -0.1) is 0 Å². The van der Waals surface area contributed by atoms with Crippen LogP contribution >= 0.6 is 0 Å². The number of hydrogen-bond acceptors (Lipinski definition) is 3. The fourth-order valence-corrected chi connectivity index (χ4v) is 2.34. The molecule has 3 rings (SSSR count). The van der Waals surface area contributed by atoms with E-state index in [0.29, 0.717) is 12.2 Å². The lowest BCUT2D eigenvalue weighted by Gasteiger charge is -2.07. The summed E-state index contributed by atoms with van der Waals surface area (Å²) in [5.74, 6) is 0. The molecule has 20 heavy (non-hydrogen) atoms. The molecule has 3 aromatic rings. The molecule has 0 amide bonds. The Kier molecular flexibility index (Phi) is 3.20. The lowest BCUT2D eigenvalue weighted by molar-refractivity contribution is 0.282. The van der Waals surface area contributed by atoms with Gasteiger partial charge >= 0.3 is 0 Å². The van der Waals surface area contributed by atoms with Crippen molar-refractivity contribution < 1.29 is 5.11 Å². The highest BCUT2D eigenvalue weighted by Crippen LogP contribution is 2.19. The van der Waals surface area contributed by atoms with E-state index < -0.39 is 0 Å². The van der Waals surface area contributed by atoms with Crippen LogP contribution in [0, 0.1) is 11.3 Å². The van der Waals surface area contributed by atoms with Crippen molar-refractivity contribution in [2.24, 2.45) is 0 Å². The number of pyridine rings is 1. The van der Waals surface area contributed by atoms with Crippen LogP contribution in [0.5, 0.6) is 0 Å². The minimum atomic E-state index is 0.0440. The molecule has 1 aromatic carbocycles. The molecule has 0 unspecified atom stereocenters. The molecule has 1 N–H and O–H groups in total. The summed E-state index contributed by atoms with van der Waals surface area (Å²) < 4.78 is 2.08. The minimum absolute atomic E-state index is 0.0440. The van der Waals surface area contributed by atoms with E-state index in [-0.39, 0.29) is 6.61 Å². The Morgan fingerprint density at radius 3 is 2.95 bits per heavy atom. The van der Waals surface area contributed by atoms with Gasteiger partial charge in [0.25, 0.3) is 0 Å². The van der Waals surface area contributed by atoms with Crippen LogP contribution in [0.1, 0.15) is 16.8 Å². The van der Waals surface area contributed by atoms with Crippen molar-refractivity contribution in [3.63, 3.8) is 0 Å². The predicted octanol–water partition coefficient (Wildman–Crippen LogP) is 2.45. The summed E-state index contributed by atoms with van der Waals surface area (Å²) in [4.78, 5) is 4.08. The average molecular weight is 263 g/mol. The van der Waals surface area contributed by atoms with E-state index in [2.05, 4.69) is 15.6 Å². The predicted molar refractivity (Wildman–Crippen MR) is 75.9 cm³/mol. The molecular formula is C16H13N3O. The molecule has 0 aliphatic carbocycles. The molecule has 2 heterocycles. The van der Waals surface area contributed by atoms with Gasteiger partial charge in [-0.05, 0) is 35.2 Å². The first kappa shape index (κ1) is 12.4. The Morgan fingerprint density at radius 1 is 1.25 bits per heavy atom. The third kappa shape index (κ3) is 2.15. The number of benzene rings is 1. The van der Waals surface area contributed by atoms with Gasteiger partial charge in [0.1, 0.15) is 11.8 Å². The second-order valence-electron chi connectivity index (χ2n) is 4.62. The first-order chi connectivity index (χ1) is 9.81. The average Bonchev–Trinajstić information content (AvgIpc) is 2.90. The number of aliphatic hydroxyl groups excluding tert-OH is 1. The molecule has 0 spiro atoms. The number of nitrogens with zero attached hydrogens (tertiary/aromatic N) is 3. The topological polar surface area (TPSA) is 61.8 Å². The summed E-state index contributed by atoms with van der Waals surface area (Å²) in [6.45, 7) is 0.654. The van der Waals surface area contributed by atoms with E-state index in [9.17, 15) is 0 Å². The number of aromatic nitrogens is 2. The molecule has 0 radical (unpaired) electrons. The highest BCUT2D eigenvalue weighted by atomic mass is 16.3. The van der Waals surface area contributed by atoms with Crippen molar-refractivity contribution in [3.8, 4) is 6.07 Å². The molecule has 0 aliphatic rings. The SMILES string of the molecule is N#Cc1ncccc1Cn1ccc2cc(CO)ccc21. The Labute approximate surface area is 116 Å². The van der Waals surface area contributed by atoms with Crippen LogP contribution in [0.4, 0.5) is 0 Å². The number of nitriles is 1. The van der Waals surface area contributed by atoms with Crippen LogP contribution in [0.15, 0.2) is 48.8 Å². The third-order valence-corrected chi connectivity index (χ3v) is 3.36.